The second-order valence-corrected chi connectivity index (χ2v) is 5.08. The zero-order valence-corrected chi connectivity index (χ0v) is 11.1. The van der Waals surface area contributed by atoms with E-state index < -0.39 is 0 Å². The quantitative estimate of drug-likeness (QED) is 0.865. The summed E-state index contributed by atoms with van der Waals surface area (Å²) in [5.74, 6) is 0.652. The predicted molar refractivity (Wildman–Crippen MR) is 71.3 cm³/mol. The lowest BCUT2D eigenvalue weighted by atomic mass is 9.96. The van der Waals surface area contributed by atoms with E-state index in [0.29, 0.717) is 18.1 Å². The van der Waals surface area contributed by atoms with Crippen LogP contribution in [-0.2, 0) is 4.74 Å². The van der Waals surface area contributed by atoms with E-state index in [4.69, 9.17) is 4.74 Å². The molecule has 0 saturated carbocycles. The number of benzene rings is 1. The first kappa shape index (κ1) is 12.6. The SMILES string of the molecule is CCC(C)c1ccc(C2COC(C)CN2)cc1. The van der Waals surface area contributed by atoms with Crippen LogP contribution in [0.15, 0.2) is 24.3 Å². The van der Waals surface area contributed by atoms with Crippen LogP contribution in [-0.4, -0.2) is 19.3 Å². The molecule has 2 heteroatoms. The molecule has 94 valence electrons. The summed E-state index contributed by atoms with van der Waals surface area (Å²) in [6.07, 6.45) is 1.53. The van der Waals surface area contributed by atoms with Crippen LogP contribution < -0.4 is 5.32 Å². The van der Waals surface area contributed by atoms with Crippen molar-refractivity contribution in [3.8, 4) is 0 Å². The van der Waals surface area contributed by atoms with E-state index in [-0.39, 0.29) is 0 Å². The fraction of sp³-hybridized carbons (Fsp3) is 0.600. The van der Waals surface area contributed by atoms with E-state index in [1.165, 1.54) is 17.5 Å². The molecular weight excluding hydrogens is 210 g/mol. The molecule has 2 nitrogen and oxygen atoms in total. The molecule has 1 aromatic rings. The number of ether oxygens (including phenoxy) is 1. The molecule has 1 aromatic carbocycles. The average Bonchev–Trinajstić information content (AvgIpc) is 2.39. The molecule has 0 amide bonds. The highest BCUT2D eigenvalue weighted by molar-refractivity contribution is 5.27. The summed E-state index contributed by atoms with van der Waals surface area (Å²) in [4.78, 5) is 0. The van der Waals surface area contributed by atoms with E-state index in [1.54, 1.807) is 0 Å². The highest BCUT2D eigenvalue weighted by atomic mass is 16.5. The highest BCUT2D eigenvalue weighted by Gasteiger charge is 2.19. The number of nitrogens with one attached hydrogen (secondary N) is 1. The van der Waals surface area contributed by atoms with Gasteiger partial charge in [0.2, 0.25) is 0 Å². The molecule has 17 heavy (non-hydrogen) atoms. The lowest BCUT2D eigenvalue weighted by Crippen LogP contribution is -2.39. The van der Waals surface area contributed by atoms with Gasteiger partial charge in [-0.15, -0.1) is 0 Å². The largest absolute Gasteiger partial charge is 0.375 e. The summed E-state index contributed by atoms with van der Waals surface area (Å²) in [6.45, 7) is 8.34. The minimum atomic E-state index is 0.339. The van der Waals surface area contributed by atoms with Crippen molar-refractivity contribution in [3.05, 3.63) is 35.4 Å². The summed E-state index contributed by atoms with van der Waals surface area (Å²) in [7, 11) is 0. The fourth-order valence-electron chi connectivity index (χ4n) is 2.19. The van der Waals surface area contributed by atoms with Gasteiger partial charge in [0.25, 0.3) is 0 Å². The third-order valence-electron chi connectivity index (χ3n) is 3.72. The maximum absolute atomic E-state index is 5.68. The van der Waals surface area contributed by atoms with Gasteiger partial charge in [-0.1, -0.05) is 38.1 Å². The van der Waals surface area contributed by atoms with E-state index in [9.17, 15) is 0 Å². The zero-order chi connectivity index (χ0) is 12.3. The Labute approximate surface area is 104 Å². The Balaban J connectivity index is 2.02. The first-order valence-electron chi connectivity index (χ1n) is 6.65. The molecule has 3 atom stereocenters. The third kappa shape index (κ3) is 3.08. The Bertz CT molecular complexity index is 338. The average molecular weight is 233 g/mol. The van der Waals surface area contributed by atoms with Gasteiger partial charge >= 0.3 is 0 Å². The van der Waals surface area contributed by atoms with Gasteiger partial charge in [0.15, 0.2) is 0 Å². The molecule has 2 rings (SSSR count). The van der Waals surface area contributed by atoms with Crippen LogP contribution in [0.5, 0.6) is 0 Å². The maximum Gasteiger partial charge on any atom is 0.0672 e. The van der Waals surface area contributed by atoms with Crippen molar-refractivity contribution in [1.29, 1.82) is 0 Å². The molecular formula is C15H23NO. The minimum absolute atomic E-state index is 0.339. The van der Waals surface area contributed by atoms with E-state index in [2.05, 4.69) is 50.4 Å². The van der Waals surface area contributed by atoms with Crippen LogP contribution in [0.3, 0.4) is 0 Å². The van der Waals surface area contributed by atoms with Crippen LogP contribution in [0.25, 0.3) is 0 Å². The van der Waals surface area contributed by atoms with Crippen molar-refractivity contribution in [2.75, 3.05) is 13.2 Å². The van der Waals surface area contributed by atoms with Crippen molar-refractivity contribution in [2.45, 2.75) is 45.3 Å². The van der Waals surface area contributed by atoms with Gasteiger partial charge < -0.3 is 10.1 Å². The van der Waals surface area contributed by atoms with Crippen LogP contribution in [0.2, 0.25) is 0 Å². The summed E-state index contributed by atoms with van der Waals surface area (Å²) < 4.78 is 5.68. The van der Waals surface area contributed by atoms with Crippen LogP contribution >= 0.6 is 0 Å². The third-order valence-corrected chi connectivity index (χ3v) is 3.72. The van der Waals surface area contributed by atoms with Crippen molar-refractivity contribution in [1.82, 2.24) is 5.32 Å². The van der Waals surface area contributed by atoms with Crippen molar-refractivity contribution >= 4 is 0 Å². The molecule has 1 fully saturated rings. The summed E-state index contributed by atoms with van der Waals surface area (Å²) in [5, 5.41) is 3.52. The number of rotatable bonds is 3. The summed E-state index contributed by atoms with van der Waals surface area (Å²) in [5.41, 5.74) is 2.77. The minimum Gasteiger partial charge on any atom is -0.375 e. The molecule has 1 saturated heterocycles. The molecule has 1 aliphatic heterocycles. The molecule has 0 aliphatic carbocycles. The molecule has 0 bridgehead atoms. The van der Waals surface area contributed by atoms with Crippen LogP contribution in [0, 0.1) is 0 Å². The Hall–Kier alpha value is -0.860. The predicted octanol–water partition coefficient (Wildman–Crippen LogP) is 3.25. The van der Waals surface area contributed by atoms with Crippen LogP contribution in [0.1, 0.15) is 50.3 Å². The molecule has 0 spiro atoms. The Morgan fingerprint density at radius 3 is 2.59 bits per heavy atom. The van der Waals surface area contributed by atoms with Gasteiger partial charge in [0.05, 0.1) is 18.8 Å². The van der Waals surface area contributed by atoms with E-state index in [0.717, 1.165) is 13.2 Å². The van der Waals surface area contributed by atoms with E-state index >= 15 is 0 Å². The topological polar surface area (TPSA) is 21.3 Å². The first-order valence-corrected chi connectivity index (χ1v) is 6.65. The van der Waals surface area contributed by atoms with Crippen LogP contribution in [0.4, 0.5) is 0 Å². The normalized spacial score (nSPS) is 26.8. The molecule has 3 unspecified atom stereocenters. The van der Waals surface area contributed by atoms with Gasteiger partial charge in [-0.2, -0.15) is 0 Å². The number of hydrogen-bond donors (Lipinski definition) is 1. The van der Waals surface area contributed by atoms with Gasteiger partial charge in [0, 0.05) is 6.54 Å². The monoisotopic (exact) mass is 233 g/mol. The lowest BCUT2D eigenvalue weighted by molar-refractivity contribution is 0.0149. The van der Waals surface area contributed by atoms with E-state index in [1.807, 2.05) is 0 Å². The smallest absolute Gasteiger partial charge is 0.0672 e. The molecule has 1 aliphatic rings. The highest BCUT2D eigenvalue weighted by Crippen LogP contribution is 2.22. The molecule has 0 radical (unpaired) electrons. The zero-order valence-electron chi connectivity index (χ0n) is 11.1. The Morgan fingerprint density at radius 1 is 1.35 bits per heavy atom. The Kier molecular flexibility index (Phi) is 4.19. The second kappa shape index (κ2) is 5.65. The fourth-order valence-corrected chi connectivity index (χ4v) is 2.19. The number of morpholine rings is 1. The van der Waals surface area contributed by atoms with Gasteiger partial charge in [-0.05, 0) is 30.4 Å². The summed E-state index contributed by atoms with van der Waals surface area (Å²) in [6, 6.07) is 9.33. The first-order chi connectivity index (χ1) is 8.20. The van der Waals surface area contributed by atoms with Gasteiger partial charge in [0.1, 0.15) is 0 Å². The maximum atomic E-state index is 5.68. The number of hydrogen-bond acceptors (Lipinski definition) is 2. The lowest BCUT2D eigenvalue weighted by Gasteiger charge is -2.28. The van der Waals surface area contributed by atoms with Gasteiger partial charge in [-0.25, -0.2) is 0 Å². The van der Waals surface area contributed by atoms with Crippen molar-refractivity contribution in [2.24, 2.45) is 0 Å². The van der Waals surface area contributed by atoms with Gasteiger partial charge in [-0.3, -0.25) is 0 Å². The summed E-state index contributed by atoms with van der Waals surface area (Å²) >= 11 is 0. The molecule has 1 N–H and O–H groups in total. The standard InChI is InChI=1S/C15H23NO/c1-4-11(2)13-5-7-14(8-6-13)15-10-17-12(3)9-16-15/h5-8,11-12,15-16H,4,9-10H2,1-3H3. The Morgan fingerprint density at radius 2 is 2.06 bits per heavy atom. The van der Waals surface area contributed by atoms with Crippen molar-refractivity contribution < 1.29 is 4.74 Å². The molecule has 1 heterocycles. The van der Waals surface area contributed by atoms with Crippen molar-refractivity contribution in [3.63, 3.8) is 0 Å². The second-order valence-electron chi connectivity index (χ2n) is 5.08. The molecule has 0 aromatic heterocycles.